The Hall–Kier alpha value is -2.70. The minimum absolute atomic E-state index is 0.0259. The molecule has 0 radical (unpaired) electrons. The van der Waals surface area contributed by atoms with Gasteiger partial charge >= 0.3 is 21.4 Å². The average Bonchev–Trinajstić information content (AvgIpc) is 3.19. The lowest BCUT2D eigenvalue weighted by Crippen LogP contribution is -2.50. The third-order valence-electron chi connectivity index (χ3n) is 7.15. The molecule has 1 aromatic carbocycles. The standard InChI is InChI=1S/C21H26N6O16P2S/c22-17-14-18(24-7-23-17)27(8-25-14)20-21(27,31)16(29)13(42-20)6-41-45(36,37)43-44(34,35)40-5-12(15(28)19(30)46)39-9-38-11-3-1-10(2-4-11)26(32)33/h1-4,7-8,12-13,15-16,19-20,28-31H,5-6,9H2,(H4-,22,23,24,34,35,36,37,46)/p+1/t12-,13-,15?,16+,19?,20-,21+,27?/m1/s1. The van der Waals surface area contributed by atoms with Gasteiger partial charge in [-0.3, -0.25) is 19.2 Å². The van der Waals surface area contributed by atoms with Crippen LogP contribution in [-0.4, -0.2) is 113 Å². The second-order valence-corrected chi connectivity index (χ2v) is 13.5. The van der Waals surface area contributed by atoms with E-state index in [1.807, 2.05) is 0 Å². The summed E-state index contributed by atoms with van der Waals surface area (Å²) < 4.78 is 54.0. The SMILES string of the molecule is Nc1ncnc2c1N=C[N+]21[C@@H]2O[C@H](COP(=O)(O)OP(=O)(O)OC[C@@H](OCOc3ccc([N+](=O)[O-])cc3)C(O)C(O)S)[C@H](O)[C@]21O. The number of benzene rings is 1. The number of non-ortho nitro benzene ring substituents is 1. The van der Waals surface area contributed by atoms with Gasteiger partial charge in [0.25, 0.3) is 17.7 Å². The number of quaternary nitrogens is 1. The van der Waals surface area contributed by atoms with E-state index in [9.17, 15) is 49.5 Å². The van der Waals surface area contributed by atoms with Crippen LogP contribution in [0.2, 0.25) is 0 Å². The number of aliphatic hydroxyl groups is 4. The molecule has 2 aromatic rings. The fourth-order valence-electron chi connectivity index (χ4n) is 4.84. The van der Waals surface area contributed by atoms with Crippen molar-refractivity contribution in [2.75, 3.05) is 25.7 Å². The van der Waals surface area contributed by atoms with Gasteiger partial charge in [-0.15, -0.1) is 12.6 Å². The van der Waals surface area contributed by atoms with Crippen LogP contribution in [0.25, 0.3) is 0 Å². The lowest BCUT2D eigenvalue weighted by atomic mass is 10.1. The van der Waals surface area contributed by atoms with Gasteiger partial charge in [0, 0.05) is 12.1 Å². The normalized spacial score (nSPS) is 30.5. The molecule has 8 N–H and O–H groups in total. The Morgan fingerprint density at radius 3 is 2.46 bits per heavy atom. The van der Waals surface area contributed by atoms with Crippen LogP contribution >= 0.6 is 28.3 Å². The van der Waals surface area contributed by atoms with Gasteiger partial charge in [-0.25, -0.2) is 14.1 Å². The van der Waals surface area contributed by atoms with E-state index in [0.29, 0.717) is 0 Å². The smallest absolute Gasteiger partial charge is 0.468 e. The van der Waals surface area contributed by atoms with E-state index in [1.165, 1.54) is 18.5 Å². The molecule has 1 spiro atoms. The number of nitro groups is 1. The number of aliphatic hydroxyl groups excluding tert-OH is 3. The highest BCUT2D eigenvalue weighted by Gasteiger charge is 2.93. The monoisotopic (exact) mass is 713 g/mol. The topological polar surface area (TPSA) is 318 Å². The summed E-state index contributed by atoms with van der Waals surface area (Å²) >= 11 is 3.65. The quantitative estimate of drug-likeness (QED) is 0.0209. The molecule has 0 bridgehead atoms. The highest BCUT2D eigenvalue weighted by Crippen LogP contribution is 2.64. The first-order valence-electron chi connectivity index (χ1n) is 12.8. The number of aliphatic imine (C=N–C) groups is 1. The maximum absolute atomic E-state index is 12.4. The van der Waals surface area contributed by atoms with Gasteiger partial charge in [0.2, 0.25) is 6.34 Å². The van der Waals surface area contributed by atoms with E-state index in [-0.39, 0.29) is 28.8 Å². The first kappa shape index (κ1) is 34.6. The molecule has 3 aliphatic rings. The number of hydrogen-bond acceptors (Lipinski definition) is 19. The van der Waals surface area contributed by atoms with Gasteiger partial charge in [-0.1, -0.05) is 0 Å². The van der Waals surface area contributed by atoms with E-state index in [2.05, 4.69) is 36.4 Å². The van der Waals surface area contributed by atoms with Crippen molar-refractivity contribution in [1.29, 1.82) is 0 Å². The maximum atomic E-state index is 12.4. The van der Waals surface area contributed by atoms with Crippen LogP contribution in [0, 0.1) is 10.1 Å². The molecule has 46 heavy (non-hydrogen) atoms. The lowest BCUT2D eigenvalue weighted by Gasteiger charge is -2.26. The summed E-state index contributed by atoms with van der Waals surface area (Å²) in [6.07, 6.45) is -5.39. The van der Waals surface area contributed by atoms with Crippen LogP contribution < -0.4 is 15.0 Å². The Morgan fingerprint density at radius 1 is 1.17 bits per heavy atom. The minimum Gasteiger partial charge on any atom is -0.468 e. The van der Waals surface area contributed by atoms with Crippen molar-refractivity contribution in [2.45, 2.75) is 41.8 Å². The largest absolute Gasteiger partial charge is 0.481 e. The highest BCUT2D eigenvalue weighted by atomic mass is 32.1. The molecular formula is C21H27N6O16P2S+. The number of anilines is 1. The van der Waals surface area contributed by atoms with Crippen molar-refractivity contribution >= 4 is 57.6 Å². The molecule has 2 fully saturated rings. The Kier molecular flexibility index (Phi) is 9.58. The molecule has 0 amide bonds. The fourth-order valence-corrected chi connectivity index (χ4v) is 7.12. The highest BCUT2D eigenvalue weighted by molar-refractivity contribution is 7.80. The first-order valence-corrected chi connectivity index (χ1v) is 16.3. The molecule has 0 aliphatic carbocycles. The molecular weight excluding hydrogens is 686 g/mol. The average molecular weight is 713 g/mol. The van der Waals surface area contributed by atoms with Crippen molar-refractivity contribution in [1.82, 2.24) is 14.5 Å². The summed E-state index contributed by atoms with van der Waals surface area (Å²) in [6, 6.07) is 4.78. The number of nitrogen functional groups attached to an aromatic ring is 1. The van der Waals surface area contributed by atoms with Gasteiger partial charge in [-0.05, 0) is 12.1 Å². The zero-order chi connectivity index (χ0) is 33.7. The van der Waals surface area contributed by atoms with Crippen LogP contribution in [0.15, 0.2) is 35.6 Å². The molecule has 1 aromatic heterocycles. The fraction of sp³-hybridized carbons (Fsp3) is 0.476. The molecule has 252 valence electrons. The summed E-state index contributed by atoms with van der Waals surface area (Å²) in [5, 5.41) is 52.5. The van der Waals surface area contributed by atoms with Crippen molar-refractivity contribution in [3.05, 3.63) is 40.7 Å². The number of nitrogens with zero attached hydrogens (tertiary/aromatic N) is 5. The number of aromatic nitrogens is 2. The number of nitro benzene ring substituents is 1. The summed E-state index contributed by atoms with van der Waals surface area (Å²) in [5.74, 6) is 0.289. The number of nitrogens with two attached hydrogens (primary N) is 1. The van der Waals surface area contributed by atoms with Crippen molar-refractivity contribution in [3.63, 3.8) is 0 Å². The molecule has 22 nitrogen and oxygen atoms in total. The molecule has 25 heteroatoms. The Labute approximate surface area is 262 Å². The zero-order valence-corrected chi connectivity index (χ0v) is 25.7. The van der Waals surface area contributed by atoms with Crippen molar-refractivity contribution in [2.24, 2.45) is 4.99 Å². The molecule has 5 rings (SSSR count). The molecule has 5 unspecified atom stereocenters. The third-order valence-corrected chi connectivity index (χ3v) is 10.1. The predicted molar refractivity (Wildman–Crippen MR) is 153 cm³/mol. The third kappa shape index (κ3) is 6.41. The van der Waals surface area contributed by atoms with Crippen molar-refractivity contribution in [3.8, 4) is 5.75 Å². The summed E-state index contributed by atoms with van der Waals surface area (Å²) in [4.78, 5) is 42.1. The number of ether oxygens (including phenoxy) is 3. The van der Waals surface area contributed by atoms with E-state index < -0.39 is 86.9 Å². The summed E-state index contributed by atoms with van der Waals surface area (Å²) in [5.41, 5.74) is 1.97. The Bertz CT molecular complexity index is 1610. The first-order chi connectivity index (χ1) is 21.5. The minimum atomic E-state index is -5.44. The van der Waals surface area contributed by atoms with Gasteiger partial charge < -0.3 is 50.2 Å². The van der Waals surface area contributed by atoms with E-state index in [1.54, 1.807) is 0 Å². The maximum Gasteiger partial charge on any atom is 0.481 e. The van der Waals surface area contributed by atoms with Gasteiger partial charge in [-0.2, -0.15) is 18.8 Å². The number of phosphoric acid groups is 2. The second kappa shape index (κ2) is 12.7. The van der Waals surface area contributed by atoms with Crippen LogP contribution in [0.5, 0.6) is 5.75 Å². The van der Waals surface area contributed by atoms with E-state index in [4.69, 9.17) is 24.5 Å². The second-order valence-electron chi connectivity index (χ2n) is 9.94. The van der Waals surface area contributed by atoms with Crippen molar-refractivity contribution < 1.29 is 71.8 Å². The number of thiol groups is 1. The van der Waals surface area contributed by atoms with Crippen LogP contribution in [0.1, 0.15) is 0 Å². The van der Waals surface area contributed by atoms with Crippen LogP contribution in [0.3, 0.4) is 0 Å². The molecule has 3 aliphatic heterocycles. The van der Waals surface area contributed by atoms with Gasteiger partial charge in [0.15, 0.2) is 24.4 Å². The van der Waals surface area contributed by atoms with Crippen LogP contribution in [-0.2, 0) is 32.0 Å². The number of rotatable bonds is 15. The lowest BCUT2D eigenvalue weighted by molar-refractivity contribution is -0.384. The van der Waals surface area contributed by atoms with E-state index >= 15 is 0 Å². The number of fused-ring (bicyclic) bond motifs is 5. The van der Waals surface area contributed by atoms with Gasteiger partial charge in [0.1, 0.15) is 35.8 Å². The molecule has 4 heterocycles. The number of hydrogen-bond donors (Lipinski definition) is 8. The van der Waals surface area contributed by atoms with E-state index in [0.717, 1.165) is 18.5 Å². The predicted octanol–water partition coefficient (Wildman–Crippen LogP) is -0.983. The summed E-state index contributed by atoms with van der Waals surface area (Å²) in [7, 11) is -10.8. The number of phosphoric ester groups is 2. The zero-order valence-electron chi connectivity index (χ0n) is 23.0. The summed E-state index contributed by atoms with van der Waals surface area (Å²) in [6.45, 7) is -2.58. The Balaban J connectivity index is 1.12. The molecule has 0 saturated carbocycles. The Morgan fingerprint density at radius 2 is 1.85 bits per heavy atom. The van der Waals surface area contributed by atoms with Crippen LogP contribution in [0.4, 0.5) is 23.0 Å². The van der Waals surface area contributed by atoms with Gasteiger partial charge in [0.05, 0.1) is 18.1 Å². The molecule has 2 saturated heterocycles. The molecule has 10 atom stereocenters.